The van der Waals surface area contributed by atoms with E-state index in [-0.39, 0.29) is 0 Å². The van der Waals surface area contributed by atoms with E-state index in [1.54, 1.807) is 23.7 Å². The van der Waals surface area contributed by atoms with Crippen LogP contribution in [0.5, 0.6) is 0 Å². The van der Waals surface area contributed by atoms with Gasteiger partial charge in [0.1, 0.15) is 0 Å². The summed E-state index contributed by atoms with van der Waals surface area (Å²) in [6.45, 7) is 2.06. The van der Waals surface area contributed by atoms with Crippen molar-refractivity contribution in [2.24, 2.45) is 0 Å². The van der Waals surface area contributed by atoms with Crippen molar-refractivity contribution in [3.05, 3.63) is 58.7 Å². The van der Waals surface area contributed by atoms with Gasteiger partial charge in [-0.2, -0.15) is 0 Å². The molecule has 2 heterocycles. The summed E-state index contributed by atoms with van der Waals surface area (Å²) in [5.41, 5.74) is 4.00. The largest absolute Gasteiger partial charge is 0.332 e. The fourth-order valence-corrected chi connectivity index (χ4v) is 2.83. The van der Waals surface area contributed by atoms with Crippen LogP contribution in [0.25, 0.3) is 11.3 Å². The van der Waals surface area contributed by atoms with Crippen molar-refractivity contribution in [2.45, 2.75) is 6.92 Å². The van der Waals surface area contributed by atoms with E-state index in [0.29, 0.717) is 5.02 Å². The monoisotopic (exact) mass is 301 g/mol. The number of benzene rings is 1. The van der Waals surface area contributed by atoms with E-state index in [9.17, 15) is 0 Å². The zero-order chi connectivity index (χ0) is 13.9. The zero-order valence-corrected chi connectivity index (χ0v) is 12.4. The minimum absolute atomic E-state index is 0.611. The number of anilines is 2. The summed E-state index contributed by atoms with van der Waals surface area (Å²) < 4.78 is 0. The Bertz CT molecular complexity index is 739. The number of nitrogens with zero attached hydrogens (tertiary/aromatic N) is 2. The van der Waals surface area contributed by atoms with Crippen LogP contribution in [0.15, 0.2) is 48.1 Å². The molecule has 0 bridgehead atoms. The third-order valence-corrected chi connectivity index (χ3v) is 3.88. The Balaban J connectivity index is 1.86. The van der Waals surface area contributed by atoms with E-state index in [1.807, 2.05) is 23.6 Å². The molecule has 0 saturated carbocycles. The Labute approximate surface area is 126 Å². The number of nitrogens with one attached hydrogen (secondary N) is 1. The molecule has 0 aliphatic heterocycles. The van der Waals surface area contributed by atoms with Crippen LogP contribution < -0.4 is 5.32 Å². The maximum absolute atomic E-state index is 6.13. The van der Waals surface area contributed by atoms with Crippen molar-refractivity contribution in [1.82, 2.24) is 9.97 Å². The summed E-state index contributed by atoms with van der Waals surface area (Å²) in [6, 6.07) is 10.1. The predicted octanol–water partition coefficient (Wildman–Crippen LogP) is 4.91. The van der Waals surface area contributed by atoms with Gasteiger partial charge < -0.3 is 5.32 Å². The third-order valence-electron chi connectivity index (χ3n) is 2.82. The maximum Gasteiger partial charge on any atom is 0.187 e. The number of thiazole rings is 1. The first-order valence-electron chi connectivity index (χ1n) is 6.11. The second-order valence-corrected chi connectivity index (χ2v) is 5.65. The molecule has 0 radical (unpaired) electrons. The highest BCUT2D eigenvalue weighted by Crippen LogP contribution is 2.30. The first kappa shape index (κ1) is 13.1. The van der Waals surface area contributed by atoms with Gasteiger partial charge >= 0.3 is 0 Å². The summed E-state index contributed by atoms with van der Waals surface area (Å²) in [4.78, 5) is 8.54. The summed E-state index contributed by atoms with van der Waals surface area (Å²) in [5, 5.41) is 6.75. The van der Waals surface area contributed by atoms with Crippen molar-refractivity contribution in [2.75, 3.05) is 5.32 Å². The number of aryl methyl sites for hydroxylation is 1. The van der Waals surface area contributed by atoms with E-state index < -0.39 is 0 Å². The summed E-state index contributed by atoms with van der Waals surface area (Å²) in [6.07, 6.45) is 3.35. The number of hydrogen-bond donors (Lipinski definition) is 1. The smallest absolute Gasteiger partial charge is 0.187 e. The van der Waals surface area contributed by atoms with Gasteiger partial charge in [0.15, 0.2) is 5.13 Å². The van der Waals surface area contributed by atoms with Crippen LogP contribution in [0.2, 0.25) is 5.02 Å². The zero-order valence-electron chi connectivity index (χ0n) is 10.8. The van der Waals surface area contributed by atoms with Gasteiger partial charge in [-0.1, -0.05) is 23.7 Å². The summed E-state index contributed by atoms with van der Waals surface area (Å²) in [7, 11) is 0. The average Bonchev–Trinajstić information content (AvgIpc) is 2.87. The molecule has 1 aromatic carbocycles. The highest BCUT2D eigenvalue weighted by molar-refractivity contribution is 7.14. The SMILES string of the molecule is Cc1cccc(Nc2nc(-c3ccncc3Cl)cs2)c1. The number of halogens is 1. The van der Waals surface area contributed by atoms with Crippen molar-refractivity contribution < 1.29 is 0 Å². The Kier molecular flexibility index (Phi) is 3.67. The molecule has 0 aliphatic carbocycles. The first-order chi connectivity index (χ1) is 9.72. The van der Waals surface area contributed by atoms with Crippen molar-refractivity contribution >= 4 is 33.8 Å². The fourth-order valence-electron chi connectivity index (χ4n) is 1.88. The number of aromatic nitrogens is 2. The lowest BCUT2D eigenvalue weighted by Gasteiger charge is -2.03. The molecule has 100 valence electrons. The summed E-state index contributed by atoms with van der Waals surface area (Å²) in [5.74, 6) is 0. The average molecular weight is 302 g/mol. The molecule has 20 heavy (non-hydrogen) atoms. The van der Waals surface area contributed by atoms with Crippen LogP contribution in [0, 0.1) is 6.92 Å². The Morgan fingerprint density at radius 2 is 2.15 bits per heavy atom. The van der Waals surface area contributed by atoms with Gasteiger partial charge in [0.25, 0.3) is 0 Å². The molecule has 0 saturated heterocycles. The molecule has 3 rings (SSSR count). The van der Waals surface area contributed by atoms with E-state index in [1.165, 1.54) is 5.56 Å². The Morgan fingerprint density at radius 1 is 1.25 bits per heavy atom. The fraction of sp³-hybridized carbons (Fsp3) is 0.0667. The van der Waals surface area contributed by atoms with Crippen LogP contribution in [0.1, 0.15) is 5.56 Å². The first-order valence-corrected chi connectivity index (χ1v) is 7.37. The third kappa shape index (κ3) is 2.81. The van der Waals surface area contributed by atoms with Crippen LogP contribution in [0.4, 0.5) is 10.8 Å². The van der Waals surface area contributed by atoms with Gasteiger partial charge in [-0.05, 0) is 30.7 Å². The molecule has 3 aromatic rings. The molecule has 0 fully saturated rings. The lowest BCUT2D eigenvalue weighted by Crippen LogP contribution is -1.90. The van der Waals surface area contributed by atoms with Crippen molar-refractivity contribution in [3.63, 3.8) is 0 Å². The highest BCUT2D eigenvalue weighted by atomic mass is 35.5. The molecule has 0 spiro atoms. The van der Waals surface area contributed by atoms with Gasteiger partial charge in [-0.3, -0.25) is 4.98 Å². The molecule has 0 atom stereocenters. The highest BCUT2D eigenvalue weighted by Gasteiger charge is 2.08. The molecular formula is C15H12ClN3S. The number of pyridine rings is 1. The van der Waals surface area contributed by atoms with Crippen LogP contribution in [-0.2, 0) is 0 Å². The Morgan fingerprint density at radius 3 is 2.95 bits per heavy atom. The minimum atomic E-state index is 0.611. The molecular weight excluding hydrogens is 290 g/mol. The topological polar surface area (TPSA) is 37.8 Å². The van der Waals surface area contributed by atoms with Gasteiger partial charge in [0, 0.05) is 29.0 Å². The predicted molar refractivity (Wildman–Crippen MR) is 84.8 cm³/mol. The number of hydrogen-bond acceptors (Lipinski definition) is 4. The second kappa shape index (κ2) is 5.61. The van der Waals surface area contributed by atoms with Crippen LogP contribution >= 0.6 is 22.9 Å². The lowest BCUT2D eigenvalue weighted by molar-refractivity contribution is 1.31. The molecule has 2 aromatic heterocycles. The minimum Gasteiger partial charge on any atom is -0.332 e. The van der Waals surface area contributed by atoms with Crippen LogP contribution in [-0.4, -0.2) is 9.97 Å². The van der Waals surface area contributed by atoms with E-state index in [4.69, 9.17) is 11.6 Å². The quantitative estimate of drug-likeness (QED) is 0.747. The maximum atomic E-state index is 6.13. The molecule has 0 unspecified atom stereocenters. The van der Waals surface area contributed by atoms with Crippen molar-refractivity contribution in [3.8, 4) is 11.3 Å². The van der Waals surface area contributed by atoms with Crippen LogP contribution in [0.3, 0.4) is 0 Å². The molecule has 0 aliphatic rings. The standard InChI is InChI=1S/C15H12ClN3S/c1-10-3-2-4-11(7-10)18-15-19-14(9-20-15)12-5-6-17-8-13(12)16/h2-9H,1H3,(H,18,19). The van der Waals surface area contributed by atoms with Gasteiger partial charge in [-0.15, -0.1) is 11.3 Å². The normalized spacial score (nSPS) is 10.5. The van der Waals surface area contributed by atoms with E-state index in [2.05, 4.69) is 34.3 Å². The van der Waals surface area contributed by atoms with E-state index in [0.717, 1.165) is 22.1 Å². The second-order valence-electron chi connectivity index (χ2n) is 4.39. The lowest BCUT2D eigenvalue weighted by atomic mass is 10.2. The van der Waals surface area contributed by atoms with Crippen molar-refractivity contribution in [1.29, 1.82) is 0 Å². The van der Waals surface area contributed by atoms with Gasteiger partial charge in [0.05, 0.1) is 10.7 Å². The van der Waals surface area contributed by atoms with Gasteiger partial charge in [0.2, 0.25) is 0 Å². The van der Waals surface area contributed by atoms with Gasteiger partial charge in [-0.25, -0.2) is 4.98 Å². The molecule has 1 N–H and O–H groups in total. The Hall–Kier alpha value is -1.91. The van der Waals surface area contributed by atoms with E-state index >= 15 is 0 Å². The summed E-state index contributed by atoms with van der Waals surface area (Å²) >= 11 is 7.68. The molecule has 0 amide bonds. The molecule has 5 heteroatoms. The number of rotatable bonds is 3. The molecule has 3 nitrogen and oxygen atoms in total.